The minimum absolute atomic E-state index is 0.156. The standard InChI is InChI=1S/C10H14N6O2/c1-2-3-7-14-9(16-15-7)10(17)11-5-4-8-12-6-13-18-8/h6H,2-5H2,1H3,(H,11,17)(H,14,15,16). The zero-order valence-electron chi connectivity index (χ0n) is 10.0. The number of amides is 1. The van der Waals surface area contributed by atoms with E-state index in [0.717, 1.165) is 18.7 Å². The van der Waals surface area contributed by atoms with Crippen LogP contribution in [0.3, 0.4) is 0 Å². The zero-order chi connectivity index (χ0) is 12.8. The van der Waals surface area contributed by atoms with Crippen LogP contribution in [0.25, 0.3) is 0 Å². The molecule has 0 saturated heterocycles. The van der Waals surface area contributed by atoms with Crippen molar-refractivity contribution in [2.45, 2.75) is 26.2 Å². The van der Waals surface area contributed by atoms with E-state index < -0.39 is 0 Å². The Bertz CT molecular complexity index is 492. The second-order valence-electron chi connectivity index (χ2n) is 3.70. The summed E-state index contributed by atoms with van der Waals surface area (Å²) >= 11 is 0. The fourth-order valence-electron chi connectivity index (χ4n) is 1.41. The Hall–Kier alpha value is -2.25. The van der Waals surface area contributed by atoms with Gasteiger partial charge in [-0.1, -0.05) is 12.1 Å². The molecule has 0 atom stereocenters. The van der Waals surface area contributed by atoms with E-state index >= 15 is 0 Å². The number of nitrogens with one attached hydrogen (secondary N) is 2. The molecule has 1 amide bonds. The molecule has 2 heterocycles. The quantitative estimate of drug-likeness (QED) is 0.753. The molecule has 0 aromatic carbocycles. The first kappa shape index (κ1) is 12.2. The highest BCUT2D eigenvalue weighted by Crippen LogP contribution is 1.97. The SMILES string of the molecule is CCCc1nc(C(=O)NCCc2ncno2)n[nH]1. The Kier molecular flexibility index (Phi) is 4.00. The molecule has 8 nitrogen and oxygen atoms in total. The predicted molar refractivity (Wildman–Crippen MR) is 60.7 cm³/mol. The minimum Gasteiger partial charge on any atom is -0.349 e. The van der Waals surface area contributed by atoms with Gasteiger partial charge in [-0.2, -0.15) is 4.98 Å². The number of hydrogen-bond donors (Lipinski definition) is 2. The Labute approximate surface area is 103 Å². The second-order valence-corrected chi connectivity index (χ2v) is 3.70. The predicted octanol–water partition coefficient (Wildman–Crippen LogP) is 0.113. The van der Waals surface area contributed by atoms with Gasteiger partial charge in [0.25, 0.3) is 5.91 Å². The van der Waals surface area contributed by atoms with E-state index in [2.05, 4.69) is 30.6 Å². The lowest BCUT2D eigenvalue weighted by Gasteiger charge is -1.98. The largest absolute Gasteiger partial charge is 0.349 e. The number of nitrogens with zero attached hydrogens (tertiary/aromatic N) is 4. The number of hydrogen-bond acceptors (Lipinski definition) is 6. The minimum atomic E-state index is -0.312. The first-order valence-electron chi connectivity index (χ1n) is 5.74. The van der Waals surface area contributed by atoms with Crippen LogP contribution in [0.5, 0.6) is 0 Å². The monoisotopic (exact) mass is 250 g/mol. The molecule has 0 aliphatic rings. The molecule has 0 radical (unpaired) electrons. The van der Waals surface area contributed by atoms with Gasteiger partial charge in [0.1, 0.15) is 5.82 Å². The van der Waals surface area contributed by atoms with Crippen LogP contribution in [0.15, 0.2) is 10.9 Å². The number of carbonyl (C=O) groups excluding carboxylic acids is 1. The molecule has 0 fully saturated rings. The molecule has 18 heavy (non-hydrogen) atoms. The average molecular weight is 250 g/mol. The fourth-order valence-corrected chi connectivity index (χ4v) is 1.41. The van der Waals surface area contributed by atoms with Crippen molar-refractivity contribution in [3.63, 3.8) is 0 Å². The van der Waals surface area contributed by atoms with E-state index in [1.807, 2.05) is 6.92 Å². The number of aryl methyl sites for hydroxylation is 1. The normalized spacial score (nSPS) is 10.5. The van der Waals surface area contributed by atoms with Crippen molar-refractivity contribution in [3.8, 4) is 0 Å². The Balaban J connectivity index is 1.80. The van der Waals surface area contributed by atoms with E-state index in [4.69, 9.17) is 4.52 Å². The Morgan fingerprint density at radius 1 is 1.50 bits per heavy atom. The van der Waals surface area contributed by atoms with E-state index in [1.165, 1.54) is 6.33 Å². The molecule has 0 bridgehead atoms. The smallest absolute Gasteiger partial charge is 0.290 e. The molecular weight excluding hydrogens is 236 g/mol. The van der Waals surface area contributed by atoms with Gasteiger partial charge in [0.15, 0.2) is 6.33 Å². The van der Waals surface area contributed by atoms with Crippen LogP contribution < -0.4 is 5.32 Å². The highest BCUT2D eigenvalue weighted by atomic mass is 16.5. The van der Waals surface area contributed by atoms with Gasteiger partial charge in [-0.15, -0.1) is 5.10 Å². The van der Waals surface area contributed by atoms with E-state index in [0.29, 0.717) is 18.9 Å². The van der Waals surface area contributed by atoms with Crippen molar-refractivity contribution in [1.29, 1.82) is 0 Å². The van der Waals surface area contributed by atoms with Gasteiger partial charge >= 0.3 is 0 Å². The van der Waals surface area contributed by atoms with E-state index in [-0.39, 0.29) is 11.7 Å². The van der Waals surface area contributed by atoms with Gasteiger partial charge in [0.05, 0.1) is 0 Å². The van der Waals surface area contributed by atoms with Crippen LogP contribution in [0.1, 0.15) is 35.7 Å². The summed E-state index contributed by atoms with van der Waals surface area (Å²) in [5.41, 5.74) is 0. The summed E-state index contributed by atoms with van der Waals surface area (Å²) in [7, 11) is 0. The molecule has 96 valence electrons. The molecule has 2 aromatic rings. The van der Waals surface area contributed by atoms with Crippen molar-refractivity contribution in [2.24, 2.45) is 0 Å². The zero-order valence-corrected chi connectivity index (χ0v) is 10.0. The Morgan fingerprint density at radius 3 is 3.11 bits per heavy atom. The first-order valence-corrected chi connectivity index (χ1v) is 5.74. The highest BCUT2D eigenvalue weighted by molar-refractivity contribution is 5.90. The Morgan fingerprint density at radius 2 is 2.39 bits per heavy atom. The van der Waals surface area contributed by atoms with Crippen LogP contribution in [-0.4, -0.2) is 37.8 Å². The van der Waals surface area contributed by atoms with Crippen molar-refractivity contribution < 1.29 is 9.32 Å². The molecule has 2 aromatic heterocycles. The summed E-state index contributed by atoms with van der Waals surface area (Å²) in [6.07, 6.45) is 3.54. The molecule has 0 spiro atoms. The molecule has 0 saturated carbocycles. The van der Waals surface area contributed by atoms with Crippen LogP contribution in [0.4, 0.5) is 0 Å². The molecule has 2 N–H and O–H groups in total. The average Bonchev–Trinajstić information content (AvgIpc) is 3.00. The third-order valence-corrected chi connectivity index (χ3v) is 2.25. The van der Waals surface area contributed by atoms with Crippen LogP contribution in [0, 0.1) is 0 Å². The van der Waals surface area contributed by atoms with Gasteiger partial charge < -0.3 is 9.84 Å². The summed E-state index contributed by atoms with van der Waals surface area (Å²) in [5, 5.41) is 12.7. The maximum absolute atomic E-state index is 11.7. The van der Waals surface area contributed by atoms with Crippen LogP contribution in [0.2, 0.25) is 0 Å². The third kappa shape index (κ3) is 3.12. The summed E-state index contributed by atoms with van der Waals surface area (Å²) in [6, 6.07) is 0. The molecule has 8 heteroatoms. The van der Waals surface area contributed by atoms with Crippen molar-refractivity contribution in [1.82, 2.24) is 30.6 Å². The van der Waals surface area contributed by atoms with Gasteiger partial charge in [-0.25, -0.2) is 4.98 Å². The summed E-state index contributed by atoms with van der Waals surface area (Å²) in [6.45, 7) is 2.44. The summed E-state index contributed by atoms with van der Waals surface area (Å²) in [4.78, 5) is 19.6. The molecule has 0 aliphatic carbocycles. The van der Waals surface area contributed by atoms with Gasteiger partial charge in [0.2, 0.25) is 11.7 Å². The van der Waals surface area contributed by atoms with E-state index in [9.17, 15) is 4.79 Å². The number of rotatable bonds is 6. The fraction of sp³-hybridized carbons (Fsp3) is 0.500. The lowest BCUT2D eigenvalue weighted by atomic mass is 10.3. The summed E-state index contributed by atoms with van der Waals surface area (Å²) in [5.74, 6) is 1.05. The number of H-pyrrole nitrogens is 1. The molecular formula is C10H14N6O2. The third-order valence-electron chi connectivity index (χ3n) is 2.25. The summed E-state index contributed by atoms with van der Waals surface area (Å²) < 4.78 is 4.81. The first-order chi connectivity index (χ1) is 8.79. The maximum Gasteiger partial charge on any atom is 0.290 e. The molecule has 0 unspecified atom stereocenters. The topological polar surface area (TPSA) is 110 Å². The van der Waals surface area contributed by atoms with Gasteiger partial charge in [-0.3, -0.25) is 9.89 Å². The van der Waals surface area contributed by atoms with Crippen LogP contribution >= 0.6 is 0 Å². The van der Waals surface area contributed by atoms with Gasteiger partial charge in [0, 0.05) is 19.4 Å². The number of carbonyl (C=O) groups is 1. The highest BCUT2D eigenvalue weighted by Gasteiger charge is 2.11. The van der Waals surface area contributed by atoms with Crippen LogP contribution in [-0.2, 0) is 12.8 Å². The number of aromatic nitrogens is 5. The molecule has 2 rings (SSSR count). The second kappa shape index (κ2) is 5.89. The van der Waals surface area contributed by atoms with E-state index in [1.54, 1.807) is 0 Å². The van der Waals surface area contributed by atoms with Crippen molar-refractivity contribution >= 4 is 5.91 Å². The van der Waals surface area contributed by atoms with Gasteiger partial charge in [-0.05, 0) is 6.42 Å². The molecule has 0 aliphatic heterocycles. The number of aromatic amines is 1. The lowest BCUT2D eigenvalue weighted by Crippen LogP contribution is -2.26. The lowest BCUT2D eigenvalue weighted by molar-refractivity contribution is 0.0943. The van der Waals surface area contributed by atoms with Crippen molar-refractivity contribution in [2.75, 3.05) is 6.54 Å². The maximum atomic E-state index is 11.7. The van der Waals surface area contributed by atoms with Crippen molar-refractivity contribution in [3.05, 3.63) is 23.9 Å².